The number of likely N-dealkylation sites (tertiary alicyclic amines) is 1. The predicted molar refractivity (Wildman–Crippen MR) is 104 cm³/mol. The lowest BCUT2D eigenvalue weighted by Crippen LogP contribution is -2.71. The molecule has 1 aromatic heterocycles. The highest BCUT2D eigenvalue weighted by Crippen LogP contribution is 2.40. The molecular formula is C21H21F6N3O3. The fourth-order valence-corrected chi connectivity index (χ4v) is 4.36. The summed E-state index contributed by atoms with van der Waals surface area (Å²) in [5.74, 6) is -2.10. The number of halogens is 6. The lowest BCUT2D eigenvalue weighted by atomic mass is 9.84. The molecule has 2 N–H and O–H groups in total. The Morgan fingerprint density at radius 1 is 1.18 bits per heavy atom. The number of benzene rings is 1. The number of hydrogen-bond donors (Lipinski definition) is 2. The second kappa shape index (κ2) is 8.64. The number of nitrogens with zero attached hydrogens (tertiary/aromatic N) is 2. The van der Waals surface area contributed by atoms with Gasteiger partial charge in [0, 0.05) is 42.8 Å². The molecule has 1 saturated carbocycles. The van der Waals surface area contributed by atoms with E-state index in [1.54, 1.807) is 4.90 Å². The van der Waals surface area contributed by atoms with Gasteiger partial charge in [0.25, 0.3) is 5.91 Å². The Balaban J connectivity index is 1.33. The third-order valence-electron chi connectivity index (χ3n) is 6.22. The normalized spacial score (nSPS) is 23.4. The van der Waals surface area contributed by atoms with Gasteiger partial charge >= 0.3 is 12.8 Å². The van der Waals surface area contributed by atoms with Gasteiger partial charge in [0.05, 0.1) is 11.1 Å². The first-order chi connectivity index (χ1) is 15.4. The van der Waals surface area contributed by atoms with Gasteiger partial charge in [0.2, 0.25) is 0 Å². The Morgan fingerprint density at radius 2 is 1.85 bits per heavy atom. The molecule has 180 valence electrons. The maximum atomic E-state index is 14.0. The van der Waals surface area contributed by atoms with Crippen LogP contribution >= 0.6 is 0 Å². The van der Waals surface area contributed by atoms with E-state index >= 15 is 0 Å². The summed E-state index contributed by atoms with van der Waals surface area (Å²) in [5, 5.41) is 12.7. The van der Waals surface area contributed by atoms with Gasteiger partial charge in [-0.15, -0.1) is 0 Å². The van der Waals surface area contributed by atoms with E-state index in [1.165, 1.54) is 12.3 Å². The summed E-state index contributed by atoms with van der Waals surface area (Å²) < 4.78 is 81.1. The van der Waals surface area contributed by atoms with Crippen LogP contribution in [0.1, 0.15) is 36.0 Å². The summed E-state index contributed by atoms with van der Waals surface area (Å²) in [6.07, 6.45) is -1.14. The molecule has 2 heterocycles. The highest BCUT2D eigenvalue weighted by Gasteiger charge is 2.61. The molecule has 0 bridgehead atoms. The van der Waals surface area contributed by atoms with Gasteiger partial charge < -0.3 is 15.2 Å². The number of alkyl halides is 5. The van der Waals surface area contributed by atoms with Gasteiger partial charge in [-0.1, -0.05) is 0 Å². The van der Waals surface area contributed by atoms with Crippen LogP contribution in [0.5, 0.6) is 5.75 Å². The van der Waals surface area contributed by atoms with Crippen LogP contribution in [-0.2, 0) is 0 Å². The minimum absolute atomic E-state index is 0.0873. The zero-order chi connectivity index (χ0) is 24.0. The van der Waals surface area contributed by atoms with Gasteiger partial charge in [-0.2, -0.15) is 22.0 Å². The summed E-state index contributed by atoms with van der Waals surface area (Å²) in [5.41, 5.74) is -2.31. The number of hydrogen-bond acceptors (Lipinski definition) is 5. The van der Waals surface area contributed by atoms with Gasteiger partial charge in [0.15, 0.2) is 17.2 Å². The molecule has 0 radical (unpaired) electrons. The number of carbonyl (C=O) groups excluding carboxylic acids is 1. The molecule has 0 unspecified atom stereocenters. The predicted octanol–water partition coefficient (Wildman–Crippen LogP) is 3.63. The zero-order valence-corrected chi connectivity index (χ0v) is 17.2. The van der Waals surface area contributed by atoms with Crippen molar-refractivity contribution < 1.29 is 41.0 Å². The van der Waals surface area contributed by atoms with E-state index in [2.05, 4.69) is 15.0 Å². The van der Waals surface area contributed by atoms with Crippen molar-refractivity contribution >= 4 is 16.8 Å². The summed E-state index contributed by atoms with van der Waals surface area (Å²) in [7, 11) is 0. The van der Waals surface area contributed by atoms with E-state index < -0.39 is 49.0 Å². The molecule has 6 nitrogen and oxygen atoms in total. The van der Waals surface area contributed by atoms with Crippen LogP contribution in [-0.4, -0.2) is 64.5 Å². The summed E-state index contributed by atoms with van der Waals surface area (Å²) in [4.78, 5) is 18.2. The van der Waals surface area contributed by atoms with E-state index in [-0.39, 0.29) is 28.6 Å². The highest BCUT2D eigenvalue weighted by atomic mass is 19.4. The van der Waals surface area contributed by atoms with E-state index in [4.69, 9.17) is 0 Å². The zero-order valence-electron chi connectivity index (χ0n) is 17.2. The van der Waals surface area contributed by atoms with Crippen molar-refractivity contribution in [3.05, 3.63) is 35.8 Å². The minimum Gasteiger partial charge on any atom is -0.432 e. The van der Waals surface area contributed by atoms with Crippen LogP contribution in [0, 0.1) is 5.82 Å². The van der Waals surface area contributed by atoms with E-state index in [9.17, 15) is 36.2 Å². The molecule has 4 rings (SSSR count). The molecule has 12 heteroatoms. The smallest absolute Gasteiger partial charge is 0.419 e. The largest absolute Gasteiger partial charge is 0.432 e. The van der Waals surface area contributed by atoms with Crippen LogP contribution in [0.25, 0.3) is 10.9 Å². The molecule has 1 saturated heterocycles. The second-order valence-corrected chi connectivity index (χ2v) is 8.49. The average Bonchev–Trinajstić information content (AvgIpc) is 2.71. The van der Waals surface area contributed by atoms with Crippen LogP contribution in [0.3, 0.4) is 0 Å². The number of β-amino-alcohol motifs (C(OH)–C–C–N with tert-alkyl or cyclic N) is 1. The SMILES string of the molecule is O=C(N[C@H]1CC[C@@H](N2CC(O)(C(F)(F)F)C2)CC1)c1cnc2cc(OC(F)F)c(F)cc2c1. The fourth-order valence-electron chi connectivity index (χ4n) is 4.36. The minimum atomic E-state index is -4.65. The molecule has 1 aromatic carbocycles. The Labute approximate surface area is 184 Å². The van der Waals surface area contributed by atoms with Crippen molar-refractivity contribution in [3.63, 3.8) is 0 Å². The van der Waals surface area contributed by atoms with Gasteiger partial charge in [-0.25, -0.2) is 4.39 Å². The standard InChI is InChI=1S/C21H21F6N3O3/c22-15-6-11-5-12(8-28-16(11)7-17(15)33-19(23)24)18(31)29-13-1-3-14(4-2-13)30-9-20(32,10-30)21(25,26)27/h5-8,13-14,19,32H,1-4,9-10H2,(H,29,31)/t13-,14+. The average molecular weight is 477 g/mol. The van der Waals surface area contributed by atoms with Crippen molar-refractivity contribution in [1.29, 1.82) is 0 Å². The van der Waals surface area contributed by atoms with Crippen LogP contribution in [0.4, 0.5) is 26.3 Å². The Morgan fingerprint density at radius 3 is 2.45 bits per heavy atom. The third kappa shape index (κ3) is 4.86. The van der Waals surface area contributed by atoms with Crippen molar-refractivity contribution in [1.82, 2.24) is 15.2 Å². The summed E-state index contributed by atoms with van der Waals surface area (Å²) in [6, 6.07) is 3.09. The highest BCUT2D eigenvalue weighted by molar-refractivity contribution is 5.97. The first-order valence-electron chi connectivity index (χ1n) is 10.3. The van der Waals surface area contributed by atoms with Gasteiger partial charge in [-0.05, 0) is 37.8 Å². The quantitative estimate of drug-likeness (QED) is 0.644. The van der Waals surface area contributed by atoms with Crippen molar-refractivity contribution in [3.8, 4) is 5.75 Å². The van der Waals surface area contributed by atoms with E-state index in [0.717, 1.165) is 12.1 Å². The molecule has 1 aliphatic heterocycles. The lowest BCUT2D eigenvalue weighted by molar-refractivity contribution is -0.306. The molecule has 33 heavy (non-hydrogen) atoms. The molecule has 2 aliphatic rings. The first-order valence-corrected chi connectivity index (χ1v) is 10.3. The van der Waals surface area contributed by atoms with Gasteiger partial charge in [0.1, 0.15) is 0 Å². The van der Waals surface area contributed by atoms with Crippen molar-refractivity contribution in [2.45, 2.75) is 56.2 Å². The summed E-state index contributed by atoms with van der Waals surface area (Å²) >= 11 is 0. The number of aromatic nitrogens is 1. The van der Waals surface area contributed by atoms with Crippen molar-refractivity contribution in [2.24, 2.45) is 0 Å². The molecule has 0 atom stereocenters. The molecule has 1 aliphatic carbocycles. The van der Waals surface area contributed by atoms with E-state index in [0.29, 0.717) is 25.7 Å². The Kier molecular flexibility index (Phi) is 6.16. The number of fused-ring (bicyclic) bond motifs is 1. The van der Waals surface area contributed by atoms with E-state index in [1.807, 2.05) is 0 Å². The van der Waals surface area contributed by atoms with Crippen LogP contribution in [0.2, 0.25) is 0 Å². The summed E-state index contributed by atoms with van der Waals surface area (Å²) in [6.45, 7) is -4.07. The Bertz CT molecular complexity index is 1030. The molecule has 0 spiro atoms. The first kappa shape index (κ1) is 23.6. The number of pyridine rings is 1. The molecular weight excluding hydrogens is 456 g/mol. The second-order valence-electron chi connectivity index (χ2n) is 8.49. The number of nitrogens with one attached hydrogen (secondary N) is 1. The molecule has 1 amide bonds. The molecule has 2 aromatic rings. The van der Waals surface area contributed by atoms with Crippen molar-refractivity contribution in [2.75, 3.05) is 13.1 Å². The maximum Gasteiger partial charge on any atom is 0.419 e. The number of rotatable bonds is 5. The number of ether oxygens (including phenoxy) is 1. The number of carbonyl (C=O) groups is 1. The maximum absolute atomic E-state index is 14.0. The van der Waals surface area contributed by atoms with Crippen LogP contribution < -0.4 is 10.1 Å². The third-order valence-corrected chi connectivity index (χ3v) is 6.22. The topological polar surface area (TPSA) is 74.7 Å². The molecule has 2 fully saturated rings. The number of aliphatic hydroxyl groups is 1. The van der Waals surface area contributed by atoms with Gasteiger partial charge in [-0.3, -0.25) is 14.7 Å². The number of amides is 1. The fraction of sp³-hybridized carbons (Fsp3) is 0.524. The Hall–Kier alpha value is -2.60. The monoisotopic (exact) mass is 477 g/mol. The lowest BCUT2D eigenvalue weighted by Gasteiger charge is -2.51. The van der Waals surface area contributed by atoms with Crippen LogP contribution in [0.15, 0.2) is 24.4 Å².